The zero-order chi connectivity index (χ0) is 13.7. The van der Waals surface area contributed by atoms with Crippen LogP contribution in [-0.4, -0.2) is 14.1 Å². The molecular weight excluding hydrogens is 239 g/mol. The molecule has 0 aliphatic rings. The van der Waals surface area contributed by atoms with Crippen molar-refractivity contribution in [3.8, 4) is 0 Å². The highest BCUT2D eigenvalue weighted by atomic mass is 19.1. The fraction of sp³-hybridized carbons (Fsp3) is 0.250. The highest BCUT2D eigenvalue weighted by molar-refractivity contribution is 5.46. The van der Waals surface area contributed by atoms with Gasteiger partial charge in [-0.1, -0.05) is 30.3 Å². The number of hydrogen-bond donors (Lipinski definition) is 1. The van der Waals surface area contributed by atoms with Crippen molar-refractivity contribution in [1.29, 1.82) is 0 Å². The molecule has 0 amide bonds. The van der Waals surface area contributed by atoms with Gasteiger partial charge in [0.25, 0.3) is 0 Å². The molecule has 0 spiro atoms. The lowest BCUT2D eigenvalue weighted by Gasteiger charge is -2.19. The molecule has 0 saturated carbocycles. The van der Waals surface area contributed by atoms with Gasteiger partial charge in [0, 0.05) is 25.8 Å². The zero-order valence-corrected chi connectivity index (χ0v) is 11.4. The highest BCUT2D eigenvalue weighted by Gasteiger charge is 2.03. The lowest BCUT2D eigenvalue weighted by Crippen LogP contribution is -2.16. The van der Waals surface area contributed by atoms with Crippen LogP contribution in [0.4, 0.5) is 10.1 Å². The van der Waals surface area contributed by atoms with Crippen LogP contribution in [0.15, 0.2) is 48.5 Å². The lowest BCUT2D eigenvalue weighted by atomic mass is 10.1. The number of nitrogens with zero attached hydrogens (tertiary/aromatic N) is 1. The maximum absolute atomic E-state index is 13.2. The molecule has 0 aromatic heterocycles. The Hall–Kier alpha value is -1.87. The minimum Gasteiger partial charge on any atom is -0.370 e. The second-order valence-electron chi connectivity index (χ2n) is 4.68. The number of benzene rings is 2. The van der Waals surface area contributed by atoms with Crippen molar-refractivity contribution < 1.29 is 4.39 Å². The summed E-state index contributed by atoms with van der Waals surface area (Å²) in [5.74, 6) is -0.200. The molecule has 0 aliphatic carbocycles. The van der Waals surface area contributed by atoms with Gasteiger partial charge in [0.15, 0.2) is 0 Å². The summed E-state index contributed by atoms with van der Waals surface area (Å²) in [6, 6.07) is 15.1. The van der Waals surface area contributed by atoms with E-state index in [4.69, 9.17) is 0 Å². The van der Waals surface area contributed by atoms with Gasteiger partial charge < -0.3 is 10.2 Å². The highest BCUT2D eigenvalue weighted by Crippen LogP contribution is 2.16. The average Bonchev–Trinajstić information content (AvgIpc) is 2.41. The first kappa shape index (κ1) is 13.6. The Morgan fingerprint density at radius 3 is 2.37 bits per heavy atom. The predicted octanol–water partition coefficient (Wildman–Crippen LogP) is 3.18. The fourth-order valence-corrected chi connectivity index (χ4v) is 2.05. The molecule has 0 aliphatic heterocycles. The van der Waals surface area contributed by atoms with Crippen molar-refractivity contribution in [1.82, 2.24) is 5.32 Å². The number of anilines is 1. The first-order valence-corrected chi connectivity index (χ1v) is 6.38. The Kier molecular flexibility index (Phi) is 4.53. The molecule has 0 atom stereocenters. The fourth-order valence-electron chi connectivity index (χ4n) is 2.05. The second kappa shape index (κ2) is 6.34. The van der Waals surface area contributed by atoms with E-state index in [9.17, 15) is 4.39 Å². The minimum absolute atomic E-state index is 0.200. The first-order chi connectivity index (χ1) is 9.19. The number of rotatable bonds is 5. The number of halogens is 1. The Balaban J connectivity index is 2.04. The second-order valence-corrected chi connectivity index (χ2v) is 4.68. The third kappa shape index (κ3) is 3.80. The van der Waals surface area contributed by atoms with E-state index in [0.717, 1.165) is 18.8 Å². The van der Waals surface area contributed by atoms with Gasteiger partial charge in [0.05, 0.1) is 0 Å². The summed E-state index contributed by atoms with van der Waals surface area (Å²) in [6.45, 7) is 1.64. The summed E-state index contributed by atoms with van der Waals surface area (Å²) in [6.07, 6.45) is 0. The molecule has 3 heteroatoms. The molecule has 0 bridgehead atoms. The molecule has 0 radical (unpaired) electrons. The van der Waals surface area contributed by atoms with E-state index in [0.29, 0.717) is 0 Å². The molecular formula is C16H19FN2. The van der Waals surface area contributed by atoms with E-state index in [1.807, 2.05) is 25.1 Å². The summed E-state index contributed by atoms with van der Waals surface area (Å²) < 4.78 is 13.2. The quantitative estimate of drug-likeness (QED) is 0.886. The molecule has 2 nitrogen and oxygen atoms in total. The zero-order valence-electron chi connectivity index (χ0n) is 11.4. The summed E-state index contributed by atoms with van der Waals surface area (Å²) in [4.78, 5) is 2.04. The number of nitrogens with one attached hydrogen (secondary N) is 1. The van der Waals surface area contributed by atoms with Crippen molar-refractivity contribution in [2.75, 3.05) is 19.0 Å². The van der Waals surface area contributed by atoms with Gasteiger partial charge >= 0.3 is 0 Å². The van der Waals surface area contributed by atoms with Gasteiger partial charge in [-0.25, -0.2) is 4.39 Å². The SMILES string of the molecule is CNCc1ccc(CN(C)c2cccc(F)c2)cc1. The molecule has 0 heterocycles. The van der Waals surface area contributed by atoms with Crippen molar-refractivity contribution in [2.45, 2.75) is 13.1 Å². The summed E-state index contributed by atoms with van der Waals surface area (Å²) in [5.41, 5.74) is 3.37. The van der Waals surface area contributed by atoms with Gasteiger partial charge in [-0.3, -0.25) is 0 Å². The normalized spacial score (nSPS) is 10.5. The smallest absolute Gasteiger partial charge is 0.125 e. The van der Waals surface area contributed by atoms with Crippen LogP contribution >= 0.6 is 0 Å². The Labute approximate surface area is 113 Å². The molecule has 0 fully saturated rings. The van der Waals surface area contributed by atoms with E-state index in [2.05, 4.69) is 29.6 Å². The van der Waals surface area contributed by atoms with Crippen LogP contribution < -0.4 is 10.2 Å². The van der Waals surface area contributed by atoms with Crippen LogP contribution in [0.1, 0.15) is 11.1 Å². The van der Waals surface area contributed by atoms with Crippen molar-refractivity contribution in [2.24, 2.45) is 0 Å². The van der Waals surface area contributed by atoms with Gasteiger partial charge in [-0.15, -0.1) is 0 Å². The Bertz CT molecular complexity index is 523. The lowest BCUT2D eigenvalue weighted by molar-refractivity contribution is 0.627. The van der Waals surface area contributed by atoms with Crippen LogP contribution in [0.2, 0.25) is 0 Å². The van der Waals surface area contributed by atoms with E-state index in [1.54, 1.807) is 12.1 Å². The predicted molar refractivity (Wildman–Crippen MR) is 77.7 cm³/mol. The maximum Gasteiger partial charge on any atom is 0.125 e. The summed E-state index contributed by atoms with van der Waals surface area (Å²) >= 11 is 0. The molecule has 100 valence electrons. The van der Waals surface area contributed by atoms with Crippen LogP contribution in [0.5, 0.6) is 0 Å². The molecule has 0 unspecified atom stereocenters. The summed E-state index contributed by atoms with van der Waals surface area (Å²) in [7, 11) is 3.90. The molecule has 2 rings (SSSR count). The number of hydrogen-bond acceptors (Lipinski definition) is 2. The molecule has 2 aromatic carbocycles. The van der Waals surface area contributed by atoms with E-state index < -0.39 is 0 Å². The largest absolute Gasteiger partial charge is 0.370 e. The minimum atomic E-state index is -0.200. The Morgan fingerprint density at radius 2 is 1.74 bits per heavy atom. The monoisotopic (exact) mass is 258 g/mol. The Morgan fingerprint density at radius 1 is 1.05 bits per heavy atom. The van der Waals surface area contributed by atoms with E-state index in [-0.39, 0.29) is 5.82 Å². The van der Waals surface area contributed by atoms with Gasteiger partial charge in [0.2, 0.25) is 0 Å². The third-order valence-corrected chi connectivity index (χ3v) is 3.07. The van der Waals surface area contributed by atoms with Crippen LogP contribution in [0, 0.1) is 5.82 Å². The van der Waals surface area contributed by atoms with Gasteiger partial charge in [0.1, 0.15) is 5.82 Å². The van der Waals surface area contributed by atoms with Crippen LogP contribution in [-0.2, 0) is 13.1 Å². The van der Waals surface area contributed by atoms with Gasteiger partial charge in [-0.05, 0) is 36.4 Å². The van der Waals surface area contributed by atoms with E-state index in [1.165, 1.54) is 17.2 Å². The summed E-state index contributed by atoms with van der Waals surface area (Å²) in [5, 5.41) is 3.12. The third-order valence-electron chi connectivity index (χ3n) is 3.07. The van der Waals surface area contributed by atoms with Crippen molar-refractivity contribution >= 4 is 5.69 Å². The first-order valence-electron chi connectivity index (χ1n) is 6.38. The molecule has 1 N–H and O–H groups in total. The standard InChI is InChI=1S/C16H19FN2/c1-18-11-13-6-8-14(9-7-13)12-19(2)16-5-3-4-15(17)10-16/h3-10,18H,11-12H2,1-2H3. The van der Waals surface area contributed by atoms with E-state index >= 15 is 0 Å². The van der Waals surface area contributed by atoms with Crippen molar-refractivity contribution in [3.63, 3.8) is 0 Å². The maximum atomic E-state index is 13.2. The van der Waals surface area contributed by atoms with Crippen LogP contribution in [0.3, 0.4) is 0 Å². The van der Waals surface area contributed by atoms with Gasteiger partial charge in [-0.2, -0.15) is 0 Å². The van der Waals surface area contributed by atoms with Crippen LogP contribution in [0.25, 0.3) is 0 Å². The topological polar surface area (TPSA) is 15.3 Å². The molecule has 19 heavy (non-hydrogen) atoms. The molecule has 2 aromatic rings. The molecule has 0 saturated heterocycles. The van der Waals surface area contributed by atoms with Crippen molar-refractivity contribution in [3.05, 3.63) is 65.5 Å². The average molecular weight is 258 g/mol.